The van der Waals surface area contributed by atoms with Crippen LogP contribution in [0.25, 0.3) is 0 Å². The average molecular weight is 317 g/mol. The number of nitrogens with one attached hydrogen (secondary N) is 1. The van der Waals surface area contributed by atoms with Crippen molar-refractivity contribution in [2.24, 2.45) is 5.92 Å². The predicted molar refractivity (Wildman–Crippen MR) is 90.4 cm³/mol. The van der Waals surface area contributed by atoms with E-state index in [4.69, 9.17) is 0 Å². The molecule has 0 radical (unpaired) electrons. The highest BCUT2D eigenvalue weighted by Crippen LogP contribution is 2.22. The normalized spacial score (nSPS) is 26.1. The van der Waals surface area contributed by atoms with Crippen molar-refractivity contribution in [2.45, 2.75) is 57.6 Å². The maximum atomic E-state index is 12.5. The van der Waals surface area contributed by atoms with Crippen LogP contribution >= 0.6 is 0 Å². The van der Waals surface area contributed by atoms with Crippen LogP contribution < -0.4 is 5.32 Å². The molecule has 0 spiro atoms. The summed E-state index contributed by atoms with van der Waals surface area (Å²) in [7, 11) is 0. The van der Waals surface area contributed by atoms with Crippen LogP contribution in [0.4, 0.5) is 5.82 Å². The fourth-order valence-corrected chi connectivity index (χ4v) is 3.43. The van der Waals surface area contributed by atoms with E-state index in [1.54, 1.807) is 6.20 Å². The minimum atomic E-state index is -0.145. The highest BCUT2D eigenvalue weighted by molar-refractivity contribution is 5.94. The van der Waals surface area contributed by atoms with E-state index < -0.39 is 0 Å². The molecule has 5 nitrogen and oxygen atoms in total. The number of aliphatic hydroxyl groups excluding tert-OH is 1. The number of aliphatic hydroxyl groups is 1. The lowest BCUT2D eigenvalue weighted by Crippen LogP contribution is -2.38. The number of pyridine rings is 1. The Bertz CT molecular complexity index is 516. The lowest BCUT2D eigenvalue weighted by molar-refractivity contribution is 0.0697. The molecule has 1 aliphatic carbocycles. The average Bonchev–Trinajstić information content (AvgIpc) is 2.58. The van der Waals surface area contributed by atoms with Gasteiger partial charge in [-0.3, -0.25) is 4.79 Å². The van der Waals surface area contributed by atoms with Gasteiger partial charge in [-0.2, -0.15) is 0 Å². The number of carbonyl (C=O) groups excluding carboxylic acids is 1. The molecule has 3 rings (SSSR count). The first-order valence-electron chi connectivity index (χ1n) is 8.82. The Labute approximate surface area is 138 Å². The zero-order chi connectivity index (χ0) is 16.2. The Morgan fingerprint density at radius 3 is 2.48 bits per heavy atom. The summed E-state index contributed by atoms with van der Waals surface area (Å²) in [6.45, 7) is 3.95. The molecule has 0 unspecified atom stereocenters. The fraction of sp³-hybridized carbons (Fsp3) is 0.667. The first kappa shape index (κ1) is 16.2. The van der Waals surface area contributed by atoms with Gasteiger partial charge >= 0.3 is 0 Å². The molecular weight excluding hydrogens is 290 g/mol. The van der Waals surface area contributed by atoms with Crippen LogP contribution in [0, 0.1) is 5.92 Å². The number of rotatable bonds is 3. The van der Waals surface area contributed by atoms with Crippen LogP contribution in [-0.2, 0) is 0 Å². The second kappa shape index (κ2) is 7.30. The van der Waals surface area contributed by atoms with Crippen molar-refractivity contribution in [3.05, 3.63) is 23.9 Å². The second-order valence-corrected chi connectivity index (χ2v) is 7.06. The maximum Gasteiger partial charge on any atom is 0.255 e. The van der Waals surface area contributed by atoms with Gasteiger partial charge in [0, 0.05) is 25.3 Å². The van der Waals surface area contributed by atoms with Gasteiger partial charge in [0.25, 0.3) is 5.91 Å². The van der Waals surface area contributed by atoms with E-state index in [2.05, 4.69) is 17.2 Å². The number of hydrogen-bond donors (Lipinski definition) is 2. The Morgan fingerprint density at radius 2 is 1.87 bits per heavy atom. The maximum absolute atomic E-state index is 12.5. The third-order valence-corrected chi connectivity index (χ3v) is 5.13. The molecule has 2 N–H and O–H groups in total. The molecule has 0 aromatic carbocycles. The third kappa shape index (κ3) is 4.22. The SMILES string of the molecule is CC1CCN(C(=O)c2ccc(NC3CCC(O)CC3)nc2)CC1. The first-order valence-corrected chi connectivity index (χ1v) is 8.82. The highest BCUT2D eigenvalue weighted by Gasteiger charge is 2.22. The molecule has 5 heteroatoms. The Hall–Kier alpha value is -1.62. The van der Waals surface area contributed by atoms with Crippen LogP contribution in [0.5, 0.6) is 0 Å². The summed E-state index contributed by atoms with van der Waals surface area (Å²) in [5.41, 5.74) is 0.671. The minimum Gasteiger partial charge on any atom is -0.393 e. The fourth-order valence-electron chi connectivity index (χ4n) is 3.43. The molecular formula is C18H27N3O2. The molecule has 1 aromatic rings. The Kier molecular flexibility index (Phi) is 5.16. The van der Waals surface area contributed by atoms with Gasteiger partial charge in [0.1, 0.15) is 5.82 Å². The van der Waals surface area contributed by atoms with Crippen LogP contribution in [0.1, 0.15) is 55.8 Å². The van der Waals surface area contributed by atoms with Crippen molar-refractivity contribution in [3.63, 3.8) is 0 Å². The van der Waals surface area contributed by atoms with E-state index in [-0.39, 0.29) is 12.0 Å². The van der Waals surface area contributed by atoms with Crippen molar-refractivity contribution in [1.82, 2.24) is 9.88 Å². The number of anilines is 1. The number of aromatic nitrogens is 1. The van der Waals surface area contributed by atoms with Gasteiger partial charge in [0.05, 0.1) is 11.7 Å². The van der Waals surface area contributed by atoms with Crippen molar-refractivity contribution in [1.29, 1.82) is 0 Å². The zero-order valence-electron chi connectivity index (χ0n) is 13.9. The quantitative estimate of drug-likeness (QED) is 0.899. The van der Waals surface area contributed by atoms with E-state index >= 15 is 0 Å². The molecule has 1 saturated carbocycles. The topological polar surface area (TPSA) is 65.5 Å². The smallest absolute Gasteiger partial charge is 0.255 e. The lowest BCUT2D eigenvalue weighted by Gasteiger charge is -2.30. The van der Waals surface area contributed by atoms with Crippen LogP contribution in [0.3, 0.4) is 0 Å². The number of amides is 1. The highest BCUT2D eigenvalue weighted by atomic mass is 16.3. The van der Waals surface area contributed by atoms with Gasteiger partial charge in [0.15, 0.2) is 0 Å². The third-order valence-electron chi connectivity index (χ3n) is 5.13. The van der Waals surface area contributed by atoms with E-state index in [9.17, 15) is 9.90 Å². The number of nitrogens with zero attached hydrogens (tertiary/aromatic N) is 2. The largest absolute Gasteiger partial charge is 0.393 e. The monoisotopic (exact) mass is 317 g/mol. The van der Waals surface area contributed by atoms with E-state index in [0.717, 1.165) is 63.4 Å². The van der Waals surface area contributed by atoms with Crippen molar-refractivity contribution in [3.8, 4) is 0 Å². The summed E-state index contributed by atoms with van der Waals surface area (Å²) in [5, 5.41) is 13.0. The summed E-state index contributed by atoms with van der Waals surface area (Å²) in [6.07, 6.45) is 7.35. The Balaban J connectivity index is 1.55. The minimum absolute atomic E-state index is 0.0942. The summed E-state index contributed by atoms with van der Waals surface area (Å²) in [6, 6.07) is 4.13. The van der Waals surface area contributed by atoms with Gasteiger partial charge in [-0.05, 0) is 56.6 Å². The molecule has 0 atom stereocenters. The van der Waals surface area contributed by atoms with Crippen molar-refractivity contribution >= 4 is 11.7 Å². The van der Waals surface area contributed by atoms with Gasteiger partial charge in [-0.25, -0.2) is 4.98 Å². The van der Waals surface area contributed by atoms with Crippen molar-refractivity contribution < 1.29 is 9.90 Å². The second-order valence-electron chi connectivity index (χ2n) is 7.06. The molecule has 126 valence electrons. The molecule has 0 bridgehead atoms. The summed E-state index contributed by atoms with van der Waals surface area (Å²) in [4.78, 5) is 18.8. The number of piperidine rings is 1. The van der Waals surface area contributed by atoms with Crippen LogP contribution in [0.15, 0.2) is 18.3 Å². The van der Waals surface area contributed by atoms with E-state index in [1.165, 1.54) is 0 Å². The molecule has 1 aliphatic heterocycles. The molecule has 1 saturated heterocycles. The molecule has 1 amide bonds. The summed E-state index contributed by atoms with van der Waals surface area (Å²) >= 11 is 0. The van der Waals surface area contributed by atoms with E-state index in [1.807, 2.05) is 17.0 Å². The Morgan fingerprint density at radius 1 is 1.17 bits per heavy atom. The van der Waals surface area contributed by atoms with Crippen LogP contribution in [-0.4, -0.2) is 46.1 Å². The molecule has 23 heavy (non-hydrogen) atoms. The zero-order valence-corrected chi connectivity index (χ0v) is 13.9. The van der Waals surface area contributed by atoms with Gasteiger partial charge < -0.3 is 15.3 Å². The van der Waals surface area contributed by atoms with Crippen LogP contribution in [0.2, 0.25) is 0 Å². The van der Waals surface area contributed by atoms with Crippen molar-refractivity contribution in [2.75, 3.05) is 18.4 Å². The molecule has 1 aromatic heterocycles. The van der Waals surface area contributed by atoms with Gasteiger partial charge in [-0.15, -0.1) is 0 Å². The number of hydrogen-bond acceptors (Lipinski definition) is 4. The lowest BCUT2D eigenvalue weighted by atomic mass is 9.93. The standard InChI is InChI=1S/C18H27N3O2/c1-13-8-10-21(11-9-13)18(23)14-2-7-17(19-12-14)20-15-3-5-16(22)6-4-15/h2,7,12-13,15-16,22H,3-6,8-11H2,1H3,(H,19,20). The number of carbonyl (C=O) groups is 1. The molecule has 2 fully saturated rings. The first-order chi connectivity index (χ1) is 11.1. The predicted octanol–water partition coefficient (Wildman–Crippen LogP) is 2.67. The summed E-state index contributed by atoms with van der Waals surface area (Å²) in [5.74, 6) is 1.63. The molecule has 2 aliphatic rings. The van der Waals surface area contributed by atoms with Gasteiger partial charge in [-0.1, -0.05) is 6.92 Å². The number of likely N-dealkylation sites (tertiary alicyclic amines) is 1. The van der Waals surface area contributed by atoms with Gasteiger partial charge in [0.2, 0.25) is 0 Å². The summed E-state index contributed by atoms with van der Waals surface area (Å²) < 4.78 is 0. The molecule has 2 heterocycles. The van der Waals surface area contributed by atoms with E-state index in [0.29, 0.717) is 11.6 Å².